The maximum Gasteiger partial charge on any atom is 0.410 e. The summed E-state index contributed by atoms with van der Waals surface area (Å²) in [6, 6.07) is 3.66. The van der Waals surface area contributed by atoms with Crippen LogP contribution in [-0.4, -0.2) is 52.7 Å². The van der Waals surface area contributed by atoms with Gasteiger partial charge in [-0.1, -0.05) is 0 Å². The van der Waals surface area contributed by atoms with Crippen LogP contribution in [0, 0.1) is 16.7 Å². The molecule has 0 radical (unpaired) electrons. The lowest BCUT2D eigenvalue weighted by Crippen LogP contribution is -2.37. The molecule has 0 aliphatic carbocycles. The SMILES string of the molecule is CC(C)(C)OC(=O)N1CCC2(CCN(c3cc(C#N)nc(Cl)n3)C2)C1. The molecule has 3 heterocycles. The molecule has 1 aromatic rings. The summed E-state index contributed by atoms with van der Waals surface area (Å²) in [6.07, 6.45) is 1.65. The molecule has 0 saturated carbocycles. The van der Waals surface area contributed by atoms with E-state index in [0.717, 1.165) is 25.9 Å². The minimum atomic E-state index is -0.486. The zero-order valence-electron chi connectivity index (χ0n) is 14.8. The number of aromatic nitrogens is 2. The van der Waals surface area contributed by atoms with Gasteiger partial charge in [0.1, 0.15) is 23.2 Å². The van der Waals surface area contributed by atoms with Gasteiger partial charge >= 0.3 is 6.09 Å². The maximum atomic E-state index is 12.3. The highest BCUT2D eigenvalue weighted by Crippen LogP contribution is 2.41. The Morgan fingerprint density at radius 1 is 1.32 bits per heavy atom. The zero-order chi connectivity index (χ0) is 18.2. The third kappa shape index (κ3) is 3.96. The Bertz CT molecular complexity index is 727. The number of hydrogen-bond donors (Lipinski definition) is 0. The van der Waals surface area contributed by atoms with Crippen LogP contribution in [0.25, 0.3) is 0 Å². The Balaban J connectivity index is 1.68. The van der Waals surface area contributed by atoms with Crippen LogP contribution >= 0.6 is 11.6 Å². The quantitative estimate of drug-likeness (QED) is 0.713. The van der Waals surface area contributed by atoms with Gasteiger partial charge in [-0.05, 0) is 45.2 Å². The Morgan fingerprint density at radius 2 is 2.04 bits per heavy atom. The lowest BCUT2D eigenvalue weighted by atomic mass is 9.86. The number of amides is 1. The molecule has 1 amide bonds. The summed E-state index contributed by atoms with van der Waals surface area (Å²) in [5.41, 5.74) is -0.182. The van der Waals surface area contributed by atoms with Crippen LogP contribution in [0.15, 0.2) is 6.07 Å². The van der Waals surface area contributed by atoms with Crippen molar-refractivity contribution < 1.29 is 9.53 Å². The van der Waals surface area contributed by atoms with E-state index in [1.165, 1.54) is 0 Å². The molecule has 0 aromatic carbocycles. The first-order chi connectivity index (χ1) is 11.7. The first-order valence-electron chi connectivity index (χ1n) is 8.37. The van der Waals surface area contributed by atoms with Gasteiger partial charge < -0.3 is 14.5 Å². The van der Waals surface area contributed by atoms with Crippen LogP contribution < -0.4 is 4.90 Å². The molecule has 1 atom stereocenters. The second kappa shape index (κ2) is 6.34. The molecule has 0 N–H and O–H groups in total. The van der Waals surface area contributed by atoms with Crippen LogP contribution in [0.4, 0.5) is 10.6 Å². The van der Waals surface area contributed by atoms with Crippen molar-refractivity contribution in [2.24, 2.45) is 5.41 Å². The van der Waals surface area contributed by atoms with Gasteiger partial charge in [0.2, 0.25) is 5.28 Å². The van der Waals surface area contributed by atoms with E-state index in [0.29, 0.717) is 18.9 Å². The summed E-state index contributed by atoms with van der Waals surface area (Å²) in [5, 5.41) is 9.13. The van der Waals surface area contributed by atoms with Gasteiger partial charge in [0.05, 0.1) is 0 Å². The van der Waals surface area contributed by atoms with Crippen molar-refractivity contribution in [1.82, 2.24) is 14.9 Å². The van der Waals surface area contributed by atoms with E-state index in [1.807, 2.05) is 26.8 Å². The standard InChI is InChI=1S/C17H22ClN5O2/c1-16(2,3)25-15(24)23-7-5-17(11-23)4-6-22(10-17)13-8-12(9-19)20-14(18)21-13/h8H,4-7,10-11H2,1-3H3. The minimum absolute atomic E-state index is 0.0428. The highest BCUT2D eigenvalue weighted by Gasteiger charge is 2.46. The minimum Gasteiger partial charge on any atom is -0.444 e. The van der Waals surface area contributed by atoms with E-state index in [2.05, 4.69) is 14.9 Å². The summed E-state index contributed by atoms with van der Waals surface area (Å²) >= 11 is 5.92. The van der Waals surface area contributed by atoms with E-state index in [1.54, 1.807) is 11.0 Å². The normalized spacial score (nSPS) is 23.2. The van der Waals surface area contributed by atoms with Gasteiger partial charge in [-0.2, -0.15) is 5.26 Å². The van der Waals surface area contributed by atoms with Crippen molar-refractivity contribution in [3.05, 3.63) is 17.0 Å². The van der Waals surface area contributed by atoms with Crippen LogP contribution in [0.1, 0.15) is 39.3 Å². The Hall–Kier alpha value is -2.07. The molecular weight excluding hydrogens is 342 g/mol. The average Bonchev–Trinajstić information content (AvgIpc) is 3.13. The Morgan fingerprint density at radius 3 is 2.72 bits per heavy atom. The fraction of sp³-hybridized carbons (Fsp3) is 0.647. The number of nitrogens with zero attached hydrogens (tertiary/aromatic N) is 5. The molecular formula is C17H22ClN5O2. The highest BCUT2D eigenvalue weighted by molar-refractivity contribution is 6.28. The molecule has 3 rings (SSSR count). The van der Waals surface area contributed by atoms with Crippen LogP contribution in [0.3, 0.4) is 0 Å². The predicted molar refractivity (Wildman–Crippen MR) is 93.4 cm³/mol. The van der Waals surface area contributed by atoms with Gasteiger partial charge in [-0.3, -0.25) is 0 Å². The van der Waals surface area contributed by atoms with Gasteiger partial charge in [-0.15, -0.1) is 0 Å². The summed E-state index contributed by atoms with van der Waals surface area (Å²) in [6.45, 7) is 8.61. The molecule has 8 heteroatoms. The number of likely N-dealkylation sites (tertiary alicyclic amines) is 1. The number of anilines is 1. The largest absolute Gasteiger partial charge is 0.444 e. The molecule has 2 saturated heterocycles. The van der Waals surface area contributed by atoms with Gasteiger partial charge in [-0.25, -0.2) is 14.8 Å². The number of ether oxygens (including phenoxy) is 1. The first-order valence-corrected chi connectivity index (χ1v) is 8.75. The number of carbonyl (C=O) groups is 1. The molecule has 1 spiro atoms. The number of rotatable bonds is 1. The Kier molecular flexibility index (Phi) is 4.50. The summed E-state index contributed by atoms with van der Waals surface area (Å²) in [7, 11) is 0. The van der Waals surface area contributed by atoms with E-state index in [-0.39, 0.29) is 22.5 Å². The lowest BCUT2D eigenvalue weighted by Gasteiger charge is -2.27. The third-order valence-electron chi connectivity index (χ3n) is 4.65. The van der Waals surface area contributed by atoms with Crippen LogP contribution in [-0.2, 0) is 4.74 Å². The third-order valence-corrected chi connectivity index (χ3v) is 4.82. The van der Waals surface area contributed by atoms with Crippen molar-refractivity contribution in [3.8, 4) is 6.07 Å². The van der Waals surface area contributed by atoms with Crippen LogP contribution in [0.2, 0.25) is 5.28 Å². The van der Waals surface area contributed by atoms with Crippen LogP contribution in [0.5, 0.6) is 0 Å². The number of hydrogen-bond acceptors (Lipinski definition) is 6. The predicted octanol–water partition coefficient (Wildman–Crippen LogP) is 2.84. The molecule has 0 bridgehead atoms. The monoisotopic (exact) mass is 363 g/mol. The molecule has 1 aromatic heterocycles. The summed E-state index contributed by atoms with van der Waals surface area (Å²) in [5.74, 6) is 0.671. The van der Waals surface area contributed by atoms with Crippen molar-refractivity contribution in [3.63, 3.8) is 0 Å². The highest BCUT2D eigenvalue weighted by atomic mass is 35.5. The zero-order valence-corrected chi connectivity index (χ0v) is 15.5. The topological polar surface area (TPSA) is 82.4 Å². The van der Waals surface area contributed by atoms with Crippen molar-refractivity contribution >= 4 is 23.5 Å². The van der Waals surface area contributed by atoms with Gasteiger partial charge in [0.25, 0.3) is 0 Å². The number of halogens is 1. The first kappa shape index (κ1) is 17.7. The van der Waals surface area contributed by atoms with E-state index >= 15 is 0 Å². The molecule has 1 unspecified atom stereocenters. The van der Waals surface area contributed by atoms with E-state index in [4.69, 9.17) is 21.6 Å². The second-order valence-corrected chi connectivity index (χ2v) is 8.15. The molecule has 7 nitrogen and oxygen atoms in total. The fourth-order valence-corrected chi connectivity index (χ4v) is 3.68. The molecule has 2 fully saturated rings. The van der Waals surface area contributed by atoms with E-state index in [9.17, 15) is 4.79 Å². The van der Waals surface area contributed by atoms with Crippen molar-refractivity contribution in [1.29, 1.82) is 5.26 Å². The Labute approximate surface area is 152 Å². The van der Waals surface area contributed by atoms with Gasteiger partial charge in [0, 0.05) is 37.7 Å². The fourth-order valence-electron chi connectivity index (χ4n) is 3.51. The summed E-state index contributed by atoms with van der Waals surface area (Å²) < 4.78 is 5.48. The van der Waals surface area contributed by atoms with Crippen molar-refractivity contribution in [2.45, 2.75) is 39.2 Å². The molecule has 2 aliphatic heterocycles. The smallest absolute Gasteiger partial charge is 0.410 e. The van der Waals surface area contributed by atoms with Crippen molar-refractivity contribution in [2.75, 3.05) is 31.1 Å². The van der Waals surface area contributed by atoms with Gasteiger partial charge in [0.15, 0.2) is 0 Å². The molecule has 134 valence electrons. The summed E-state index contributed by atoms with van der Waals surface area (Å²) in [4.78, 5) is 24.3. The molecule has 25 heavy (non-hydrogen) atoms. The number of carbonyl (C=O) groups excluding carboxylic acids is 1. The van der Waals surface area contributed by atoms with E-state index < -0.39 is 5.60 Å². The maximum absolute atomic E-state index is 12.3. The average molecular weight is 364 g/mol. The number of nitriles is 1. The molecule has 2 aliphatic rings. The lowest BCUT2D eigenvalue weighted by molar-refractivity contribution is 0.0276. The second-order valence-electron chi connectivity index (χ2n) is 7.82.